The fourth-order valence-electron chi connectivity index (χ4n) is 3.55. The van der Waals surface area contributed by atoms with Gasteiger partial charge in [0.1, 0.15) is 17.2 Å². The molecule has 0 unspecified atom stereocenters. The van der Waals surface area contributed by atoms with Gasteiger partial charge in [-0.1, -0.05) is 12.1 Å². The van der Waals surface area contributed by atoms with Crippen LogP contribution in [0.3, 0.4) is 0 Å². The Balaban J connectivity index is 1.77. The number of nitrogens with zero attached hydrogens (tertiary/aromatic N) is 2. The highest BCUT2D eigenvalue weighted by atomic mass is 79.9. The molecule has 4 aromatic rings. The first-order chi connectivity index (χ1) is 16.0. The number of ether oxygens (including phenoxy) is 3. The van der Waals surface area contributed by atoms with Crippen molar-refractivity contribution in [1.29, 1.82) is 0 Å². The lowest BCUT2D eigenvalue weighted by molar-refractivity contribution is 0.0600. The molecule has 4 rings (SSSR count). The molecule has 0 bridgehead atoms. The molecule has 7 heteroatoms. The first-order valence-corrected chi connectivity index (χ1v) is 11.1. The van der Waals surface area contributed by atoms with Crippen LogP contribution < -0.4 is 9.47 Å². The van der Waals surface area contributed by atoms with E-state index in [4.69, 9.17) is 19.3 Å². The van der Waals surface area contributed by atoms with Crippen LogP contribution in [-0.2, 0) is 11.3 Å². The maximum absolute atomic E-state index is 11.8. The molecule has 0 spiro atoms. The molecule has 0 saturated carbocycles. The van der Waals surface area contributed by atoms with E-state index in [2.05, 4.69) is 15.9 Å². The Bertz CT molecular complexity index is 1250. The van der Waals surface area contributed by atoms with Gasteiger partial charge in [0.25, 0.3) is 0 Å². The SMILES string of the molecule is COC(=O)c1ccc(Cn2nc(-c3ccc(OC)cc3)c(Br)c2-c2ccc(OC)cc2)cc1. The lowest BCUT2D eigenvalue weighted by Gasteiger charge is -2.10. The third-order valence-corrected chi connectivity index (χ3v) is 6.08. The molecule has 3 aromatic carbocycles. The molecule has 1 heterocycles. The maximum Gasteiger partial charge on any atom is 0.337 e. The average molecular weight is 507 g/mol. The van der Waals surface area contributed by atoms with Crippen molar-refractivity contribution in [1.82, 2.24) is 9.78 Å². The summed E-state index contributed by atoms with van der Waals surface area (Å²) in [6.45, 7) is 0.525. The van der Waals surface area contributed by atoms with Gasteiger partial charge in [0.05, 0.1) is 43.6 Å². The zero-order chi connectivity index (χ0) is 23.4. The smallest absolute Gasteiger partial charge is 0.337 e. The van der Waals surface area contributed by atoms with Gasteiger partial charge in [-0.3, -0.25) is 4.68 Å². The Hall–Kier alpha value is -3.58. The number of carbonyl (C=O) groups excluding carboxylic acids is 1. The highest BCUT2D eigenvalue weighted by Crippen LogP contribution is 2.38. The summed E-state index contributed by atoms with van der Waals surface area (Å²) >= 11 is 3.79. The van der Waals surface area contributed by atoms with Crippen molar-refractivity contribution in [3.63, 3.8) is 0 Å². The third-order valence-electron chi connectivity index (χ3n) is 5.33. The van der Waals surface area contributed by atoms with E-state index in [1.165, 1.54) is 7.11 Å². The predicted molar refractivity (Wildman–Crippen MR) is 131 cm³/mol. The summed E-state index contributed by atoms with van der Waals surface area (Å²) in [6.07, 6.45) is 0. The van der Waals surface area contributed by atoms with E-state index in [1.54, 1.807) is 26.4 Å². The Kier molecular flexibility index (Phi) is 6.79. The van der Waals surface area contributed by atoms with E-state index < -0.39 is 0 Å². The largest absolute Gasteiger partial charge is 0.497 e. The maximum atomic E-state index is 11.8. The van der Waals surface area contributed by atoms with Crippen molar-refractivity contribution in [2.75, 3.05) is 21.3 Å². The van der Waals surface area contributed by atoms with Crippen molar-refractivity contribution < 1.29 is 19.0 Å². The van der Waals surface area contributed by atoms with E-state index in [1.807, 2.05) is 65.3 Å². The fraction of sp³-hybridized carbons (Fsp3) is 0.154. The summed E-state index contributed by atoms with van der Waals surface area (Å²) in [5.74, 6) is 1.22. The van der Waals surface area contributed by atoms with E-state index in [0.717, 1.165) is 44.0 Å². The van der Waals surface area contributed by atoms with Gasteiger partial charge >= 0.3 is 5.97 Å². The highest BCUT2D eigenvalue weighted by Gasteiger charge is 2.19. The second-order valence-corrected chi connectivity index (χ2v) is 8.11. The predicted octanol–water partition coefficient (Wildman–Crippen LogP) is 5.83. The summed E-state index contributed by atoms with van der Waals surface area (Å²) in [6, 6.07) is 23.0. The van der Waals surface area contributed by atoms with Gasteiger partial charge in [-0.05, 0) is 82.2 Å². The molecule has 0 aliphatic heterocycles. The summed E-state index contributed by atoms with van der Waals surface area (Å²) < 4.78 is 18.2. The minimum Gasteiger partial charge on any atom is -0.497 e. The molecule has 0 radical (unpaired) electrons. The van der Waals surface area contributed by atoms with Gasteiger partial charge in [0.2, 0.25) is 0 Å². The van der Waals surface area contributed by atoms with Crippen molar-refractivity contribution in [2.45, 2.75) is 6.54 Å². The molecule has 1 aromatic heterocycles. The molecule has 0 saturated heterocycles. The zero-order valence-electron chi connectivity index (χ0n) is 18.5. The van der Waals surface area contributed by atoms with Crippen LogP contribution in [0.1, 0.15) is 15.9 Å². The summed E-state index contributed by atoms with van der Waals surface area (Å²) in [4.78, 5) is 11.8. The number of aromatic nitrogens is 2. The molecular formula is C26H23BrN2O4. The first kappa shape index (κ1) is 22.6. The van der Waals surface area contributed by atoms with Crippen LogP contribution in [0.15, 0.2) is 77.3 Å². The molecule has 33 heavy (non-hydrogen) atoms. The fourth-order valence-corrected chi connectivity index (χ4v) is 4.29. The summed E-state index contributed by atoms with van der Waals surface area (Å²) in [5, 5.41) is 4.93. The van der Waals surface area contributed by atoms with E-state index in [9.17, 15) is 4.79 Å². The number of benzene rings is 3. The van der Waals surface area contributed by atoms with E-state index in [-0.39, 0.29) is 5.97 Å². The number of methoxy groups -OCH3 is 3. The van der Waals surface area contributed by atoms with Crippen LogP contribution in [-0.4, -0.2) is 37.1 Å². The molecule has 0 atom stereocenters. The Labute approximate surface area is 200 Å². The number of esters is 1. The topological polar surface area (TPSA) is 62.6 Å². The number of carbonyl (C=O) groups is 1. The minimum atomic E-state index is -0.357. The van der Waals surface area contributed by atoms with E-state index in [0.29, 0.717) is 12.1 Å². The van der Waals surface area contributed by atoms with Crippen molar-refractivity contribution in [2.24, 2.45) is 0 Å². The summed E-state index contributed by atoms with van der Waals surface area (Å²) in [7, 11) is 4.67. The first-order valence-electron chi connectivity index (χ1n) is 10.3. The van der Waals surface area contributed by atoms with Gasteiger partial charge < -0.3 is 14.2 Å². The van der Waals surface area contributed by atoms with Crippen LogP contribution in [0.5, 0.6) is 11.5 Å². The second kappa shape index (κ2) is 9.92. The third kappa shape index (κ3) is 4.78. The molecule has 6 nitrogen and oxygen atoms in total. The standard InChI is InChI=1S/C26H23BrN2O4/c1-31-21-12-8-18(9-13-21)24-23(27)25(19-10-14-22(32-2)15-11-19)29(28-24)16-17-4-6-20(7-5-17)26(30)33-3/h4-15H,16H2,1-3H3. The van der Waals surface area contributed by atoms with Gasteiger partial charge in [0.15, 0.2) is 0 Å². The van der Waals surface area contributed by atoms with Crippen LogP contribution in [0.25, 0.3) is 22.5 Å². The van der Waals surface area contributed by atoms with Gasteiger partial charge in [0, 0.05) is 11.1 Å². The van der Waals surface area contributed by atoms with Gasteiger partial charge in [-0.15, -0.1) is 0 Å². The molecule has 0 N–H and O–H groups in total. The Morgan fingerprint density at radius 3 is 1.88 bits per heavy atom. The normalized spacial score (nSPS) is 10.7. The monoisotopic (exact) mass is 506 g/mol. The average Bonchev–Trinajstić information content (AvgIpc) is 3.19. The number of rotatable bonds is 7. The minimum absolute atomic E-state index is 0.357. The number of hydrogen-bond acceptors (Lipinski definition) is 5. The Morgan fingerprint density at radius 2 is 1.36 bits per heavy atom. The van der Waals surface area contributed by atoms with Crippen molar-refractivity contribution >= 4 is 21.9 Å². The lowest BCUT2D eigenvalue weighted by Crippen LogP contribution is -2.05. The molecule has 0 amide bonds. The molecule has 0 aliphatic rings. The molecule has 0 aliphatic carbocycles. The van der Waals surface area contributed by atoms with Crippen molar-refractivity contribution in [3.05, 3.63) is 88.4 Å². The molecular weight excluding hydrogens is 484 g/mol. The zero-order valence-corrected chi connectivity index (χ0v) is 20.1. The van der Waals surface area contributed by atoms with Crippen LogP contribution in [0, 0.1) is 0 Å². The summed E-state index contributed by atoms with van der Waals surface area (Å²) in [5.41, 5.74) is 5.26. The van der Waals surface area contributed by atoms with Crippen molar-refractivity contribution in [3.8, 4) is 34.0 Å². The molecule has 168 valence electrons. The van der Waals surface area contributed by atoms with Crippen LogP contribution in [0.4, 0.5) is 0 Å². The Morgan fingerprint density at radius 1 is 0.818 bits per heavy atom. The second-order valence-electron chi connectivity index (χ2n) is 7.31. The quantitative estimate of drug-likeness (QED) is 0.295. The van der Waals surface area contributed by atoms with E-state index >= 15 is 0 Å². The lowest BCUT2D eigenvalue weighted by atomic mass is 10.1. The number of hydrogen-bond donors (Lipinski definition) is 0. The van der Waals surface area contributed by atoms with Crippen LogP contribution in [0.2, 0.25) is 0 Å². The van der Waals surface area contributed by atoms with Crippen LogP contribution >= 0.6 is 15.9 Å². The number of halogens is 1. The van der Waals surface area contributed by atoms with Gasteiger partial charge in [-0.2, -0.15) is 5.10 Å². The van der Waals surface area contributed by atoms with Gasteiger partial charge in [-0.25, -0.2) is 4.79 Å². The highest BCUT2D eigenvalue weighted by molar-refractivity contribution is 9.10. The molecule has 0 fully saturated rings.